The summed E-state index contributed by atoms with van der Waals surface area (Å²) in [5, 5.41) is 1.12. The van der Waals surface area contributed by atoms with Crippen molar-refractivity contribution in [2.75, 3.05) is 4.72 Å². The molecule has 1 N–H and O–H groups in total. The number of halogens is 2. The van der Waals surface area contributed by atoms with E-state index in [2.05, 4.69) is 4.72 Å². The Bertz CT molecular complexity index is 704. The Morgan fingerprint density at radius 3 is 2.32 bits per heavy atom. The molecule has 3 nitrogen and oxygen atoms in total. The third-order valence-corrected chi connectivity index (χ3v) is 5.90. The van der Waals surface area contributed by atoms with E-state index in [1.54, 1.807) is 6.07 Å². The van der Waals surface area contributed by atoms with Crippen LogP contribution in [0.5, 0.6) is 0 Å². The monoisotopic (exact) mass is 335 g/mol. The van der Waals surface area contributed by atoms with Gasteiger partial charge in [0.05, 0.1) is 14.9 Å². The summed E-state index contributed by atoms with van der Waals surface area (Å²) in [6.07, 6.45) is 0. The molecule has 1 aromatic heterocycles. The van der Waals surface area contributed by atoms with E-state index in [0.29, 0.717) is 10.0 Å². The van der Waals surface area contributed by atoms with Crippen LogP contribution in [0.1, 0.15) is 10.4 Å². The molecule has 0 bridgehead atoms. The first kappa shape index (κ1) is 14.7. The van der Waals surface area contributed by atoms with Gasteiger partial charge >= 0.3 is 0 Å². The van der Waals surface area contributed by atoms with Crippen LogP contribution in [0.3, 0.4) is 0 Å². The summed E-state index contributed by atoms with van der Waals surface area (Å²) in [7, 11) is -3.64. The molecular weight excluding hydrogens is 325 g/mol. The van der Waals surface area contributed by atoms with E-state index in [1.807, 2.05) is 13.8 Å². The Labute approximate surface area is 126 Å². The summed E-state index contributed by atoms with van der Waals surface area (Å²) in [6.45, 7) is 3.87. The maximum absolute atomic E-state index is 12.2. The lowest BCUT2D eigenvalue weighted by atomic mass is 10.3. The quantitative estimate of drug-likeness (QED) is 0.899. The number of thiophene rings is 1. The first-order valence-electron chi connectivity index (χ1n) is 5.34. The van der Waals surface area contributed by atoms with Gasteiger partial charge < -0.3 is 0 Å². The van der Waals surface area contributed by atoms with Crippen molar-refractivity contribution < 1.29 is 8.42 Å². The molecule has 1 heterocycles. The van der Waals surface area contributed by atoms with Crippen molar-refractivity contribution in [1.29, 1.82) is 0 Å². The van der Waals surface area contributed by atoms with E-state index in [1.165, 1.54) is 29.5 Å². The van der Waals surface area contributed by atoms with Crippen LogP contribution in [-0.4, -0.2) is 8.42 Å². The highest BCUT2D eigenvalue weighted by Gasteiger charge is 2.17. The molecule has 7 heteroatoms. The van der Waals surface area contributed by atoms with Gasteiger partial charge in [-0.25, -0.2) is 8.42 Å². The molecule has 2 rings (SSSR count). The van der Waals surface area contributed by atoms with Crippen molar-refractivity contribution in [2.45, 2.75) is 18.7 Å². The molecule has 19 heavy (non-hydrogen) atoms. The molecule has 0 fully saturated rings. The molecule has 102 valence electrons. The average Bonchev–Trinajstić information content (AvgIpc) is 2.60. The topological polar surface area (TPSA) is 46.2 Å². The number of aryl methyl sites for hydroxylation is 2. The van der Waals surface area contributed by atoms with Gasteiger partial charge in [-0.15, -0.1) is 11.3 Å². The maximum Gasteiger partial charge on any atom is 0.262 e. The summed E-state index contributed by atoms with van der Waals surface area (Å²) < 4.78 is 26.9. The second kappa shape index (κ2) is 5.32. The van der Waals surface area contributed by atoms with Crippen molar-refractivity contribution in [1.82, 2.24) is 0 Å². The summed E-state index contributed by atoms with van der Waals surface area (Å²) in [5.74, 6) is 0. The summed E-state index contributed by atoms with van der Waals surface area (Å²) in [5.41, 5.74) is 1.05. The van der Waals surface area contributed by atoms with Crippen LogP contribution < -0.4 is 4.72 Å². The largest absolute Gasteiger partial charge is 0.270 e. The molecule has 0 aliphatic heterocycles. The highest BCUT2D eigenvalue weighted by molar-refractivity contribution is 7.93. The number of hydrogen-bond acceptors (Lipinski definition) is 3. The van der Waals surface area contributed by atoms with Crippen LogP contribution in [0.25, 0.3) is 0 Å². The number of sulfonamides is 1. The van der Waals surface area contributed by atoms with Crippen molar-refractivity contribution >= 4 is 49.6 Å². The lowest BCUT2D eigenvalue weighted by Crippen LogP contribution is -2.11. The summed E-state index contributed by atoms with van der Waals surface area (Å²) in [6, 6.07) is 6.02. The fourth-order valence-corrected chi connectivity index (χ4v) is 4.06. The van der Waals surface area contributed by atoms with Crippen LogP contribution in [0.2, 0.25) is 10.0 Å². The summed E-state index contributed by atoms with van der Waals surface area (Å²) >= 11 is 13.0. The van der Waals surface area contributed by atoms with Gasteiger partial charge in [-0.3, -0.25) is 4.72 Å². The fraction of sp³-hybridized carbons (Fsp3) is 0.167. The van der Waals surface area contributed by atoms with Crippen LogP contribution in [-0.2, 0) is 10.0 Å². The predicted molar refractivity (Wildman–Crippen MR) is 81.1 cm³/mol. The molecule has 1 aromatic carbocycles. The molecule has 0 atom stereocenters. The second-order valence-corrected chi connectivity index (χ2v) is 7.78. The van der Waals surface area contributed by atoms with Gasteiger partial charge in [-0.05, 0) is 43.7 Å². The van der Waals surface area contributed by atoms with Gasteiger partial charge in [0.25, 0.3) is 10.0 Å². The first-order chi connectivity index (χ1) is 8.79. The fourth-order valence-electron chi connectivity index (χ4n) is 1.46. The van der Waals surface area contributed by atoms with Gasteiger partial charge in [0.1, 0.15) is 5.00 Å². The molecule has 2 aromatic rings. The molecular formula is C12H11Cl2NO2S2. The van der Waals surface area contributed by atoms with E-state index in [9.17, 15) is 8.42 Å². The molecule has 0 saturated carbocycles. The van der Waals surface area contributed by atoms with E-state index in [0.717, 1.165) is 10.4 Å². The minimum atomic E-state index is -3.64. The number of benzene rings is 1. The van der Waals surface area contributed by atoms with E-state index >= 15 is 0 Å². The molecule has 0 saturated heterocycles. The van der Waals surface area contributed by atoms with Gasteiger partial charge in [0.2, 0.25) is 0 Å². The highest BCUT2D eigenvalue weighted by atomic mass is 35.5. The van der Waals surface area contributed by atoms with E-state index in [-0.39, 0.29) is 9.92 Å². The minimum absolute atomic E-state index is 0.0885. The van der Waals surface area contributed by atoms with Gasteiger partial charge in [0.15, 0.2) is 0 Å². The zero-order chi connectivity index (χ0) is 14.2. The standard InChI is InChI=1S/C12H11Cl2NO2S2/c1-7-5-12(18-8(7)2)15-19(16,17)9-3-4-10(13)11(14)6-9/h3-6,15H,1-2H3. The third-order valence-electron chi connectivity index (χ3n) is 2.60. The van der Waals surface area contributed by atoms with Gasteiger partial charge in [-0.2, -0.15) is 0 Å². The normalized spacial score (nSPS) is 11.6. The maximum atomic E-state index is 12.2. The molecule has 0 amide bonds. The van der Waals surface area contributed by atoms with Crippen molar-refractivity contribution in [3.8, 4) is 0 Å². The Hall–Kier alpha value is -0.750. The lowest BCUT2D eigenvalue weighted by molar-refractivity contribution is 0.601. The Kier molecular flexibility index (Phi) is 4.11. The average molecular weight is 336 g/mol. The first-order valence-corrected chi connectivity index (χ1v) is 8.40. The van der Waals surface area contributed by atoms with Crippen molar-refractivity contribution in [2.24, 2.45) is 0 Å². The number of anilines is 1. The smallest absolute Gasteiger partial charge is 0.262 e. The SMILES string of the molecule is Cc1cc(NS(=O)(=O)c2ccc(Cl)c(Cl)c2)sc1C. The second-order valence-electron chi connectivity index (χ2n) is 4.03. The number of nitrogens with one attached hydrogen (secondary N) is 1. The van der Waals surface area contributed by atoms with Crippen LogP contribution in [0.15, 0.2) is 29.2 Å². The highest BCUT2D eigenvalue weighted by Crippen LogP contribution is 2.29. The van der Waals surface area contributed by atoms with Crippen LogP contribution in [0.4, 0.5) is 5.00 Å². The van der Waals surface area contributed by atoms with Crippen LogP contribution in [0, 0.1) is 13.8 Å². The Balaban J connectivity index is 2.34. The number of hydrogen-bond donors (Lipinski definition) is 1. The zero-order valence-corrected chi connectivity index (χ0v) is 13.3. The lowest BCUT2D eigenvalue weighted by Gasteiger charge is -2.06. The minimum Gasteiger partial charge on any atom is -0.270 e. The van der Waals surface area contributed by atoms with E-state index in [4.69, 9.17) is 23.2 Å². The zero-order valence-electron chi connectivity index (χ0n) is 10.2. The van der Waals surface area contributed by atoms with Gasteiger partial charge in [0, 0.05) is 4.88 Å². The predicted octanol–water partition coefficient (Wildman–Crippen LogP) is 4.47. The Morgan fingerprint density at radius 2 is 1.79 bits per heavy atom. The summed E-state index contributed by atoms with van der Waals surface area (Å²) in [4.78, 5) is 1.16. The van der Waals surface area contributed by atoms with Crippen molar-refractivity contribution in [3.05, 3.63) is 44.8 Å². The van der Waals surface area contributed by atoms with E-state index < -0.39 is 10.0 Å². The molecule has 0 spiro atoms. The van der Waals surface area contributed by atoms with Gasteiger partial charge in [-0.1, -0.05) is 23.2 Å². The molecule has 0 radical (unpaired) electrons. The molecule has 0 aliphatic rings. The van der Waals surface area contributed by atoms with Crippen LogP contribution >= 0.6 is 34.5 Å². The number of rotatable bonds is 3. The molecule has 0 unspecified atom stereocenters. The van der Waals surface area contributed by atoms with Crippen molar-refractivity contribution in [3.63, 3.8) is 0 Å². The molecule has 0 aliphatic carbocycles. The third kappa shape index (κ3) is 3.23. The Morgan fingerprint density at radius 1 is 1.11 bits per heavy atom.